The normalized spacial score (nSPS) is 26.7. The van der Waals surface area contributed by atoms with E-state index in [1.165, 1.54) is 37.8 Å². The van der Waals surface area contributed by atoms with Gasteiger partial charge in [-0.05, 0) is 39.2 Å². The lowest BCUT2D eigenvalue weighted by Crippen LogP contribution is -2.25. The number of aromatic nitrogens is 2. The van der Waals surface area contributed by atoms with Crippen molar-refractivity contribution in [1.82, 2.24) is 9.55 Å². The van der Waals surface area contributed by atoms with E-state index < -0.39 is 0 Å². The van der Waals surface area contributed by atoms with Crippen molar-refractivity contribution in [3.63, 3.8) is 0 Å². The Morgan fingerprint density at radius 2 is 2.06 bits per heavy atom. The summed E-state index contributed by atoms with van der Waals surface area (Å²) in [5.41, 5.74) is 8.39. The lowest BCUT2D eigenvalue weighted by atomic mass is 9.94. The Balaban J connectivity index is 2.25. The minimum Gasteiger partial charge on any atom is -0.331 e. The third kappa shape index (κ3) is 2.14. The molecule has 0 radical (unpaired) electrons. The van der Waals surface area contributed by atoms with Gasteiger partial charge in [0.05, 0.1) is 12.0 Å². The first-order valence-corrected chi connectivity index (χ1v) is 6.44. The summed E-state index contributed by atoms with van der Waals surface area (Å²) >= 11 is 0. The molecule has 1 aromatic heterocycles. The molecule has 0 bridgehead atoms. The average molecular weight is 221 g/mol. The van der Waals surface area contributed by atoms with Gasteiger partial charge in [0.25, 0.3) is 0 Å². The highest BCUT2D eigenvalue weighted by atomic mass is 15.1. The lowest BCUT2D eigenvalue weighted by molar-refractivity contribution is 0.313. The maximum Gasteiger partial charge on any atom is 0.0954 e. The molecule has 1 aromatic rings. The maximum absolute atomic E-state index is 5.92. The Bertz CT molecular complexity index is 343. The molecule has 1 aliphatic rings. The molecule has 3 nitrogen and oxygen atoms in total. The Morgan fingerprint density at radius 1 is 1.31 bits per heavy atom. The molecule has 0 aromatic carbocycles. The van der Waals surface area contributed by atoms with Gasteiger partial charge in [-0.25, -0.2) is 4.98 Å². The fourth-order valence-electron chi connectivity index (χ4n) is 2.86. The molecule has 0 spiro atoms. The van der Waals surface area contributed by atoms with Gasteiger partial charge in [-0.3, -0.25) is 0 Å². The van der Waals surface area contributed by atoms with Crippen molar-refractivity contribution >= 4 is 0 Å². The van der Waals surface area contributed by atoms with Crippen molar-refractivity contribution in [2.75, 3.05) is 6.54 Å². The zero-order valence-electron chi connectivity index (χ0n) is 10.4. The quantitative estimate of drug-likeness (QED) is 0.780. The second-order valence-electron chi connectivity index (χ2n) is 5.02. The van der Waals surface area contributed by atoms with Gasteiger partial charge in [-0.1, -0.05) is 19.3 Å². The SMILES string of the molecule is Cc1ncn(C2CCCCCC2CN)c1C. The third-order valence-electron chi connectivity index (χ3n) is 4.07. The summed E-state index contributed by atoms with van der Waals surface area (Å²) in [6.07, 6.45) is 8.57. The second-order valence-corrected chi connectivity index (χ2v) is 5.02. The fourth-order valence-corrected chi connectivity index (χ4v) is 2.86. The van der Waals surface area contributed by atoms with E-state index in [0.29, 0.717) is 12.0 Å². The van der Waals surface area contributed by atoms with Crippen molar-refractivity contribution < 1.29 is 0 Å². The molecule has 2 N–H and O–H groups in total. The molecule has 3 heteroatoms. The van der Waals surface area contributed by atoms with Crippen molar-refractivity contribution in [1.29, 1.82) is 0 Å². The Kier molecular flexibility index (Phi) is 3.64. The number of imidazole rings is 1. The van der Waals surface area contributed by atoms with Crippen molar-refractivity contribution in [2.24, 2.45) is 11.7 Å². The first-order chi connectivity index (χ1) is 7.74. The van der Waals surface area contributed by atoms with Crippen LogP contribution in [0.4, 0.5) is 0 Å². The number of nitrogens with zero attached hydrogens (tertiary/aromatic N) is 2. The molecule has 1 fully saturated rings. The van der Waals surface area contributed by atoms with Crippen LogP contribution in [0.25, 0.3) is 0 Å². The van der Waals surface area contributed by atoms with E-state index in [0.717, 1.165) is 12.2 Å². The molecule has 0 saturated heterocycles. The molecule has 0 amide bonds. The molecule has 0 aliphatic heterocycles. The highest BCUT2D eigenvalue weighted by Gasteiger charge is 2.25. The molecule has 2 unspecified atom stereocenters. The van der Waals surface area contributed by atoms with Crippen LogP contribution in [0.5, 0.6) is 0 Å². The van der Waals surface area contributed by atoms with Crippen molar-refractivity contribution in [2.45, 2.75) is 52.0 Å². The lowest BCUT2D eigenvalue weighted by Gasteiger charge is -2.26. The zero-order valence-corrected chi connectivity index (χ0v) is 10.4. The first-order valence-electron chi connectivity index (χ1n) is 6.44. The van der Waals surface area contributed by atoms with Crippen LogP contribution in [0.3, 0.4) is 0 Å². The van der Waals surface area contributed by atoms with E-state index in [9.17, 15) is 0 Å². The van der Waals surface area contributed by atoms with Crippen molar-refractivity contribution in [3.8, 4) is 0 Å². The Hall–Kier alpha value is -0.830. The molecule has 2 atom stereocenters. The van der Waals surface area contributed by atoms with Gasteiger partial charge in [-0.15, -0.1) is 0 Å². The van der Waals surface area contributed by atoms with Gasteiger partial charge in [-0.2, -0.15) is 0 Å². The van der Waals surface area contributed by atoms with Gasteiger partial charge in [0.2, 0.25) is 0 Å². The van der Waals surface area contributed by atoms with E-state index in [-0.39, 0.29) is 0 Å². The van der Waals surface area contributed by atoms with Gasteiger partial charge in [0.15, 0.2) is 0 Å². The fraction of sp³-hybridized carbons (Fsp3) is 0.769. The maximum atomic E-state index is 5.92. The Morgan fingerprint density at radius 3 is 2.69 bits per heavy atom. The highest BCUT2D eigenvalue weighted by Crippen LogP contribution is 2.33. The number of rotatable bonds is 2. The number of nitrogens with two attached hydrogens (primary N) is 1. The Labute approximate surface area is 98.1 Å². The van der Waals surface area contributed by atoms with E-state index in [1.807, 2.05) is 6.33 Å². The van der Waals surface area contributed by atoms with Gasteiger partial charge in [0, 0.05) is 11.7 Å². The summed E-state index contributed by atoms with van der Waals surface area (Å²) in [7, 11) is 0. The number of aryl methyl sites for hydroxylation is 1. The van der Waals surface area contributed by atoms with E-state index in [2.05, 4.69) is 23.4 Å². The summed E-state index contributed by atoms with van der Waals surface area (Å²) in [4.78, 5) is 4.41. The van der Waals surface area contributed by atoms with Gasteiger partial charge < -0.3 is 10.3 Å². The van der Waals surface area contributed by atoms with Crippen LogP contribution < -0.4 is 5.73 Å². The molecule has 90 valence electrons. The standard InChI is InChI=1S/C13H23N3/c1-10-11(2)16(9-15-10)13-7-5-3-4-6-12(13)8-14/h9,12-13H,3-8,14H2,1-2H3. The smallest absolute Gasteiger partial charge is 0.0954 e. The van der Waals surface area contributed by atoms with Crippen LogP contribution in [0.2, 0.25) is 0 Å². The third-order valence-corrected chi connectivity index (χ3v) is 4.07. The first kappa shape index (κ1) is 11.6. The molecule has 1 heterocycles. The number of hydrogen-bond acceptors (Lipinski definition) is 2. The van der Waals surface area contributed by atoms with Gasteiger partial charge in [0.1, 0.15) is 0 Å². The number of hydrogen-bond donors (Lipinski definition) is 1. The minimum atomic E-state index is 0.577. The molecule has 2 rings (SSSR count). The van der Waals surface area contributed by atoms with Crippen LogP contribution in [-0.4, -0.2) is 16.1 Å². The van der Waals surface area contributed by atoms with E-state index in [1.54, 1.807) is 0 Å². The highest BCUT2D eigenvalue weighted by molar-refractivity contribution is 5.10. The summed E-state index contributed by atoms with van der Waals surface area (Å²) in [6.45, 7) is 5.06. The summed E-state index contributed by atoms with van der Waals surface area (Å²) in [5, 5.41) is 0. The topological polar surface area (TPSA) is 43.8 Å². The summed E-state index contributed by atoms with van der Waals surface area (Å²) < 4.78 is 2.36. The van der Waals surface area contributed by atoms with Crippen LogP contribution >= 0.6 is 0 Å². The zero-order chi connectivity index (χ0) is 11.5. The van der Waals surface area contributed by atoms with Crippen LogP contribution in [-0.2, 0) is 0 Å². The van der Waals surface area contributed by atoms with Crippen LogP contribution in [0, 0.1) is 19.8 Å². The molecular weight excluding hydrogens is 198 g/mol. The largest absolute Gasteiger partial charge is 0.331 e. The second kappa shape index (κ2) is 5.00. The molecule has 16 heavy (non-hydrogen) atoms. The van der Waals surface area contributed by atoms with Crippen molar-refractivity contribution in [3.05, 3.63) is 17.7 Å². The van der Waals surface area contributed by atoms with E-state index >= 15 is 0 Å². The predicted molar refractivity (Wildman–Crippen MR) is 66.4 cm³/mol. The molecular formula is C13H23N3. The molecule has 1 saturated carbocycles. The monoisotopic (exact) mass is 221 g/mol. The van der Waals surface area contributed by atoms with Crippen LogP contribution in [0.15, 0.2) is 6.33 Å². The van der Waals surface area contributed by atoms with E-state index in [4.69, 9.17) is 5.73 Å². The average Bonchev–Trinajstić information content (AvgIpc) is 2.54. The molecule has 1 aliphatic carbocycles. The minimum absolute atomic E-state index is 0.577. The van der Waals surface area contributed by atoms with Crippen LogP contribution in [0.1, 0.15) is 49.5 Å². The summed E-state index contributed by atoms with van der Waals surface area (Å²) in [5.74, 6) is 0.634. The predicted octanol–water partition coefficient (Wildman–Crippen LogP) is 2.58. The van der Waals surface area contributed by atoms with Gasteiger partial charge >= 0.3 is 0 Å². The summed E-state index contributed by atoms with van der Waals surface area (Å²) in [6, 6.07) is 0.577.